The molecule has 0 fully saturated rings. The molecule has 0 aromatic heterocycles. The molecule has 0 heterocycles. The van der Waals surface area contributed by atoms with Crippen LogP contribution in [0, 0.1) is 0 Å². The topological polar surface area (TPSA) is 35.2 Å². The van der Waals surface area contributed by atoms with E-state index in [1.807, 2.05) is 0 Å². The maximum atomic E-state index is 4.28. The summed E-state index contributed by atoms with van der Waals surface area (Å²) in [6, 6.07) is 0. The van der Waals surface area contributed by atoms with Crippen LogP contribution in [0.5, 0.6) is 0 Å². The maximum absolute atomic E-state index is 4.28. The van der Waals surface area contributed by atoms with Gasteiger partial charge in [0.1, 0.15) is 0 Å². The molecule has 0 aromatic carbocycles. The molecule has 2 N–H and O–H groups in total. The minimum atomic E-state index is 0. The second-order valence-corrected chi connectivity index (χ2v) is 0.267. The Bertz CT molecular complexity index is 8.00. The summed E-state index contributed by atoms with van der Waals surface area (Å²) in [5.41, 5.74) is 0. The third-order valence-electron chi connectivity index (χ3n) is 0. The average molecular weight is 91.5 g/mol. The van der Waals surface area contributed by atoms with E-state index in [1.165, 1.54) is 0 Å². The van der Waals surface area contributed by atoms with E-state index in [9.17, 15) is 0 Å². The Kier molecular flexibility index (Phi) is 19.9. The van der Waals surface area contributed by atoms with Crippen molar-refractivity contribution < 1.29 is 4.39 Å². The van der Waals surface area contributed by atoms with Crippen molar-refractivity contribution in [1.29, 1.82) is 0 Å². The van der Waals surface area contributed by atoms with Crippen LogP contribution in [-0.4, -0.2) is 29.6 Å². The van der Waals surface area contributed by atoms with Crippen LogP contribution in [0.1, 0.15) is 0 Å². The van der Waals surface area contributed by atoms with Crippen LogP contribution in [-0.2, 0) is 4.39 Å². The van der Waals surface area contributed by atoms with Crippen LogP contribution < -0.4 is 5.90 Å². The van der Waals surface area contributed by atoms with E-state index in [0.29, 0.717) is 0 Å². The number of hydrogen-bond acceptors (Lipinski definition) is 2. The SMILES string of the molecule is NOCl.[NaH]. The summed E-state index contributed by atoms with van der Waals surface area (Å²) < 4.78 is 3.22. The first-order chi connectivity index (χ1) is 1.41. The van der Waals surface area contributed by atoms with Gasteiger partial charge < -0.3 is 0 Å². The summed E-state index contributed by atoms with van der Waals surface area (Å²) in [5, 5.41) is 0. The predicted octanol–water partition coefficient (Wildman–Crippen LogP) is -0.618. The Hall–Kier alpha value is 1.21. The first-order valence-electron chi connectivity index (χ1n) is 0.390. The fraction of sp³-hybridized carbons (Fsp3) is 0. The first kappa shape index (κ1) is 8.96. The third kappa shape index (κ3) is 10.7. The number of hydrogen-bond donors (Lipinski definition) is 1. The molecule has 0 aliphatic carbocycles. The molecule has 2 nitrogen and oxygen atoms in total. The third-order valence-corrected chi connectivity index (χ3v) is 0. The van der Waals surface area contributed by atoms with Gasteiger partial charge in [-0.3, -0.25) is 0 Å². The molecule has 4 heteroatoms. The van der Waals surface area contributed by atoms with Crippen molar-refractivity contribution in [3.8, 4) is 0 Å². The molecule has 4 heavy (non-hydrogen) atoms. The van der Waals surface area contributed by atoms with Crippen LogP contribution in [0.15, 0.2) is 0 Å². The molecule has 0 aliphatic rings. The van der Waals surface area contributed by atoms with Gasteiger partial charge in [0.25, 0.3) is 0 Å². The van der Waals surface area contributed by atoms with Crippen molar-refractivity contribution >= 4 is 41.4 Å². The van der Waals surface area contributed by atoms with Gasteiger partial charge in [-0.25, -0.2) is 0 Å². The Morgan fingerprint density at radius 1 is 1.75 bits per heavy atom. The summed E-state index contributed by atoms with van der Waals surface area (Å²) in [7, 11) is 0. The predicted molar refractivity (Wildman–Crippen MR) is 18.3 cm³/mol. The van der Waals surface area contributed by atoms with Crippen molar-refractivity contribution in [2.24, 2.45) is 5.90 Å². The van der Waals surface area contributed by atoms with Crippen molar-refractivity contribution in [3.05, 3.63) is 0 Å². The van der Waals surface area contributed by atoms with E-state index in [2.05, 4.69) is 22.2 Å². The standard InChI is InChI=1S/ClH2NO.Na.H/c1-3-2;;/h2H2;;. The van der Waals surface area contributed by atoms with E-state index in [1.54, 1.807) is 0 Å². The number of rotatable bonds is 0. The zero-order valence-electron chi connectivity index (χ0n) is 1.36. The summed E-state index contributed by atoms with van der Waals surface area (Å²) in [6.07, 6.45) is 0. The Balaban J connectivity index is 0. The molecule has 22 valence electrons. The second kappa shape index (κ2) is 8.88. The molecule has 0 unspecified atom stereocenters. The molecule has 0 bridgehead atoms. The van der Waals surface area contributed by atoms with Crippen molar-refractivity contribution in [2.45, 2.75) is 0 Å². The molecular weight excluding hydrogens is 88.4 g/mol. The van der Waals surface area contributed by atoms with Gasteiger partial charge in [0, 0.05) is 0 Å². The summed E-state index contributed by atoms with van der Waals surface area (Å²) in [5.74, 6) is 4.11. The molecule has 0 aromatic rings. The molecule has 0 rings (SSSR count). The monoisotopic (exact) mass is 91.0 g/mol. The zero-order valence-corrected chi connectivity index (χ0v) is 2.12. The van der Waals surface area contributed by atoms with E-state index in [4.69, 9.17) is 0 Å². The number of nitrogens with two attached hydrogens (primary N) is 1. The van der Waals surface area contributed by atoms with Gasteiger partial charge in [-0.05, 0) is 0 Å². The first-order valence-corrected chi connectivity index (χ1v) is 0.699. The molecule has 0 atom stereocenters. The Morgan fingerprint density at radius 2 is 1.75 bits per heavy atom. The van der Waals surface area contributed by atoms with Crippen LogP contribution in [0.25, 0.3) is 0 Å². The van der Waals surface area contributed by atoms with Crippen molar-refractivity contribution in [2.75, 3.05) is 0 Å². The van der Waals surface area contributed by atoms with E-state index in [-0.39, 0.29) is 29.6 Å². The zero-order chi connectivity index (χ0) is 2.71. The van der Waals surface area contributed by atoms with Gasteiger partial charge in [0.15, 0.2) is 0 Å². The summed E-state index contributed by atoms with van der Waals surface area (Å²) in [6.45, 7) is 0. The van der Waals surface area contributed by atoms with Gasteiger partial charge in [-0.2, -0.15) is 10.3 Å². The summed E-state index contributed by atoms with van der Waals surface area (Å²) >= 11 is 4.28. The van der Waals surface area contributed by atoms with Gasteiger partial charge in [0.05, 0.1) is 11.9 Å². The van der Waals surface area contributed by atoms with Crippen molar-refractivity contribution in [3.63, 3.8) is 0 Å². The summed E-state index contributed by atoms with van der Waals surface area (Å²) in [4.78, 5) is 0. The van der Waals surface area contributed by atoms with E-state index >= 15 is 0 Å². The van der Waals surface area contributed by atoms with E-state index in [0.717, 1.165) is 0 Å². The van der Waals surface area contributed by atoms with Crippen LogP contribution in [0.4, 0.5) is 0 Å². The van der Waals surface area contributed by atoms with Gasteiger partial charge in [-0.15, -0.1) is 0 Å². The molecule has 0 spiro atoms. The molecule has 0 amide bonds. The molecule has 0 saturated carbocycles. The fourth-order valence-electron chi connectivity index (χ4n) is 0. The van der Waals surface area contributed by atoms with Crippen molar-refractivity contribution in [1.82, 2.24) is 0 Å². The molecule has 0 radical (unpaired) electrons. The average Bonchev–Trinajstić information content (AvgIpc) is 0.918. The van der Waals surface area contributed by atoms with Gasteiger partial charge >= 0.3 is 29.6 Å². The quantitative estimate of drug-likeness (QED) is 0.319. The number of halogens is 1. The fourth-order valence-corrected chi connectivity index (χ4v) is 0. The Morgan fingerprint density at radius 3 is 1.75 bits per heavy atom. The van der Waals surface area contributed by atoms with Crippen LogP contribution >= 0.6 is 11.9 Å². The molecular formula is H3ClNNaO. The minimum absolute atomic E-state index is 0. The second-order valence-electron chi connectivity index (χ2n) is 0.0891. The van der Waals surface area contributed by atoms with Gasteiger partial charge in [0.2, 0.25) is 0 Å². The normalized spacial score (nSPS) is 4.50. The molecule has 0 aliphatic heterocycles. The Labute approximate surface area is 51.7 Å². The molecule has 0 saturated heterocycles. The van der Waals surface area contributed by atoms with Crippen LogP contribution in [0.2, 0.25) is 0 Å². The van der Waals surface area contributed by atoms with E-state index < -0.39 is 0 Å². The van der Waals surface area contributed by atoms with Crippen LogP contribution in [0.3, 0.4) is 0 Å². The van der Waals surface area contributed by atoms with Gasteiger partial charge in [-0.1, -0.05) is 0 Å².